The van der Waals surface area contributed by atoms with Gasteiger partial charge in [-0.25, -0.2) is 13.4 Å². The number of nitrogens with zero attached hydrogens (tertiary/aromatic N) is 3. The Morgan fingerprint density at radius 3 is 2.81 bits per heavy atom. The zero-order chi connectivity index (χ0) is 15.5. The highest BCUT2D eigenvalue weighted by atomic mass is 32.2. The van der Waals surface area contributed by atoms with Crippen molar-refractivity contribution >= 4 is 10.0 Å². The monoisotopic (exact) mass is 314 g/mol. The summed E-state index contributed by atoms with van der Waals surface area (Å²) in [6, 6.07) is 0.256. The predicted octanol–water partition coefficient (Wildman–Crippen LogP) is 1.30. The third-order valence-corrected chi connectivity index (χ3v) is 5.45. The Hall–Kier alpha value is -0.920. The molecule has 1 fully saturated rings. The van der Waals surface area contributed by atoms with E-state index in [-0.39, 0.29) is 17.0 Å². The van der Waals surface area contributed by atoms with E-state index in [1.807, 2.05) is 20.8 Å². The molecular formula is C14H26N4O2S. The standard InChI is InChI=1S/C14H26N4O2S/c1-4-17-10-14(16-11-17)21(19,20)18(8-12(2)3)9-13-6-5-7-15-13/h10-13,15H,4-9H2,1-3H3. The van der Waals surface area contributed by atoms with E-state index >= 15 is 0 Å². The maximum atomic E-state index is 12.8. The first-order valence-corrected chi connectivity index (χ1v) is 9.12. The van der Waals surface area contributed by atoms with Crippen LogP contribution in [0.5, 0.6) is 0 Å². The molecule has 0 amide bonds. The largest absolute Gasteiger partial charge is 0.336 e. The van der Waals surface area contributed by atoms with Gasteiger partial charge in [-0.2, -0.15) is 4.31 Å². The van der Waals surface area contributed by atoms with Crippen LogP contribution in [-0.2, 0) is 16.6 Å². The van der Waals surface area contributed by atoms with Gasteiger partial charge in [0.2, 0.25) is 0 Å². The first-order valence-electron chi connectivity index (χ1n) is 7.68. The second-order valence-corrected chi connectivity index (χ2v) is 7.94. The summed E-state index contributed by atoms with van der Waals surface area (Å²) in [5.41, 5.74) is 0. The van der Waals surface area contributed by atoms with Gasteiger partial charge in [-0.1, -0.05) is 13.8 Å². The fourth-order valence-corrected chi connectivity index (χ4v) is 4.20. The summed E-state index contributed by atoms with van der Waals surface area (Å²) in [6.07, 6.45) is 5.34. The third kappa shape index (κ3) is 4.05. The molecular weight excluding hydrogens is 288 g/mol. The fraction of sp³-hybridized carbons (Fsp3) is 0.786. The molecule has 1 atom stereocenters. The number of sulfonamides is 1. The molecule has 1 unspecified atom stereocenters. The minimum atomic E-state index is -3.51. The fourth-order valence-electron chi connectivity index (χ4n) is 2.61. The molecule has 1 aliphatic heterocycles. The van der Waals surface area contributed by atoms with Crippen molar-refractivity contribution in [3.63, 3.8) is 0 Å². The summed E-state index contributed by atoms with van der Waals surface area (Å²) in [6.45, 7) is 8.79. The van der Waals surface area contributed by atoms with Crippen LogP contribution in [-0.4, -0.2) is 48.0 Å². The van der Waals surface area contributed by atoms with Crippen LogP contribution >= 0.6 is 0 Å². The summed E-state index contributed by atoms with van der Waals surface area (Å²) in [7, 11) is -3.51. The van der Waals surface area contributed by atoms with Gasteiger partial charge >= 0.3 is 0 Å². The van der Waals surface area contributed by atoms with Gasteiger partial charge in [-0.15, -0.1) is 0 Å². The van der Waals surface area contributed by atoms with E-state index in [4.69, 9.17) is 0 Å². The first kappa shape index (κ1) is 16.5. The molecule has 120 valence electrons. The van der Waals surface area contributed by atoms with Crippen LogP contribution in [0, 0.1) is 5.92 Å². The third-order valence-electron chi connectivity index (χ3n) is 3.73. The molecule has 1 aliphatic rings. The molecule has 0 saturated carbocycles. The zero-order valence-electron chi connectivity index (χ0n) is 13.1. The van der Waals surface area contributed by atoms with Crippen molar-refractivity contribution in [3.8, 4) is 0 Å². The minimum Gasteiger partial charge on any atom is -0.336 e. The lowest BCUT2D eigenvalue weighted by molar-refractivity contribution is 0.335. The normalized spacial score (nSPS) is 19.8. The highest BCUT2D eigenvalue weighted by molar-refractivity contribution is 7.89. The molecule has 7 heteroatoms. The van der Waals surface area contributed by atoms with Crippen LogP contribution in [0.2, 0.25) is 0 Å². The van der Waals surface area contributed by atoms with E-state index in [2.05, 4.69) is 10.3 Å². The lowest BCUT2D eigenvalue weighted by atomic mass is 10.2. The Morgan fingerprint density at radius 2 is 2.29 bits per heavy atom. The topological polar surface area (TPSA) is 67.2 Å². The van der Waals surface area contributed by atoms with Crippen LogP contribution in [0.3, 0.4) is 0 Å². The average Bonchev–Trinajstić information content (AvgIpc) is 3.08. The van der Waals surface area contributed by atoms with Gasteiger partial charge in [0.1, 0.15) is 0 Å². The number of aromatic nitrogens is 2. The highest BCUT2D eigenvalue weighted by Gasteiger charge is 2.30. The predicted molar refractivity (Wildman–Crippen MR) is 82.5 cm³/mol. The molecule has 0 spiro atoms. The number of imidazole rings is 1. The second-order valence-electron chi connectivity index (χ2n) is 6.05. The molecule has 0 radical (unpaired) electrons. The van der Waals surface area contributed by atoms with Gasteiger partial charge in [-0.05, 0) is 32.2 Å². The lowest BCUT2D eigenvalue weighted by Gasteiger charge is -2.25. The number of hydrogen-bond donors (Lipinski definition) is 1. The van der Waals surface area contributed by atoms with E-state index < -0.39 is 10.0 Å². The molecule has 1 saturated heterocycles. The van der Waals surface area contributed by atoms with Crippen molar-refractivity contribution in [1.29, 1.82) is 0 Å². The van der Waals surface area contributed by atoms with Crippen molar-refractivity contribution in [2.24, 2.45) is 5.92 Å². The summed E-state index contributed by atoms with van der Waals surface area (Å²) >= 11 is 0. The smallest absolute Gasteiger partial charge is 0.262 e. The molecule has 0 aromatic carbocycles. The number of aryl methyl sites for hydroxylation is 1. The van der Waals surface area contributed by atoms with Crippen LogP contribution in [0.15, 0.2) is 17.6 Å². The van der Waals surface area contributed by atoms with Crippen molar-refractivity contribution in [2.75, 3.05) is 19.6 Å². The summed E-state index contributed by atoms with van der Waals surface area (Å²) in [5.74, 6) is 0.287. The molecule has 2 heterocycles. The zero-order valence-corrected chi connectivity index (χ0v) is 13.9. The quantitative estimate of drug-likeness (QED) is 0.824. The van der Waals surface area contributed by atoms with E-state index in [0.29, 0.717) is 13.1 Å². The number of nitrogens with one attached hydrogen (secondary N) is 1. The molecule has 1 aromatic heterocycles. The van der Waals surface area contributed by atoms with Crippen LogP contribution < -0.4 is 5.32 Å². The maximum absolute atomic E-state index is 12.8. The van der Waals surface area contributed by atoms with Gasteiger partial charge in [-0.3, -0.25) is 0 Å². The van der Waals surface area contributed by atoms with E-state index in [1.54, 1.807) is 21.4 Å². The summed E-state index contributed by atoms with van der Waals surface area (Å²) in [4.78, 5) is 4.07. The van der Waals surface area contributed by atoms with Gasteiger partial charge in [0.25, 0.3) is 10.0 Å². The molecule has 2 rings (SSSR count). The first-order chi connectivity index (χ1) is 9.93. The van der Waals surface area contributed by atoms with E-state index in [1.165, 1.54) is 0 Å². The molecule has 1 aromatic rings. The Balaban J connectivity index is 2.20. The van der Waals surface area contributed by atoms with Crippen LogP contribution in [0.25, 0.3) is 0 Å². The highest BCUT2D eigenvalue weighted by Crippen LogP contribution is 2.18. The van der Waals surface area contributed by atoms with Gasteiger partial charge in [0.05, 0.1) is 6.33 Å². The molecule has 6 nitrogen and oxygen atoms in total. The Kier molecular flexibility index (Phi) is 5.40. The lowest BCUT2D eigenvalue weighted by Crippen LogP contribution is -2.42. The van der Waals surface area contributed by atoms with E-state index in [0.717, 1.165) is 25.9 Å². The van der Waals surface area contributed by atoms with Crippen molar-refractivity contribution in [1.82, 2.24) is 19.2 Å². The number of rotatable bonds is 7. The van der Waals surface area contributed by atoms with E-state index in [9.17, 15) is 8.42 Å². The second kappa shape index (κ2) is 6.89. The average molecular weight is 314 g/mol. The number of hydrogen-bond acceptors (Lipinski definition) is 4. The Labute approximate surface area is 127 Å². The molecule has 21 heavy (non-hydrogen) atoms. The van der Waals surface area contributed by atoms with Crippen molar-refractivity contribution in [2.45, 2.75) is 51.2 Å². The van der Waals surface area contributed by atoms with Crippen molar-refractivity contribution < 1.29 is 8.42 Å². The Bertz CT molecular complexity index is 547. The van der Waals surface area contributed by atoms with Crippen LogP contribution in [0.4, 0.5) is 0 Å². The Morgan fingerprint density at radius 1 is 1.52 bits per heavy atom. The molecule has 0 bridgehead atoms. The van der Waals surface area contributed by atoms with Gasteiger partial charge in [0, 0.05) is 31.9 Å². The van der Waals surface area contributed by atoms with Gasteiger partial charge in [0.15, 0.2) is 5.03 Å². The summed E-state index contributed by atoms with van der Waals surface area (Å²) in [5, 5.41) is 3.52. The van der Waals surface area contributed by atoms with Crippen LogP contribution in [0.1, 0.15) is 33.6 Å². The minimum absolute atomic E-state index is 0.156. The molecule has 0 aliphatic carbocycles. The van der Waals surface area contributed by atoms with Crippen molar-refractivity contribution in [3.05, 3.63) is 12.5 Å². The molecule has 1 N–H and O–H groups in total. The van der Waals surface area contributed by atoms with Gasteiger partial charge < -0.3 is 9.88 Å². The maximum Gasteiger partial charge on any atom is 0.262 e. The SMILES string of the molecule is CCn1cnc(S(=O)(=O)N(CC(C)C)CC2CCCN2)c1. The summed E-state index contributed by atoms with van der Waals surface area (Å²) < 4.78 is 29.0.